The summed E-state index contributed by atoms with van der Waals surface area (Å²) in [5.74, 6) is -1.46. The van der Waals surface area contributed by atoms with Gasteiger partial charge in [0.15, 0.2) is 11.9 Å². The number of phenols is 1. The molecule has 2 fully saturated rings. The van der Waals surface area contributed by atoms with Gasteiger partial charge in [-0.25, -0.2) is 4.79 Å². The summed E-state index contributed by atoms with van der Waals surface area (Å²) in [4.78, 5) is 24.0. The maximum atomic E-state index is 12.1. The van der Waals surface area contributed by atoms with Crippen LogP contribution >= 0.6 is 0 Å². The normalized spacial score (nSPS) is 30.5. The van der Waals surface area contributed by atoms with E-state index >= 15 is 0 Å². The van der Waals surface area contributed by atoms with E-state index in [9.17, 15) is 19.8 Å². The average molecular weight is 274 g/mol. The third-order valence-electron chi connectivity index (χ3n) is 4.04. The second kappa shape index (κ2) is 3.33. The largest absolute Gasteiger partial charge is 0.507 e. The van der Waals surface area contributed by atoms with Crippen molar-refractivity contribution in [3.63, 3.8) is 0 Å². The molecular formula is C14H10O6. The molecule has 1 saturated heterocycles. The lowest BCUT2D eigenvalue weighted by molar-refractivity contribution is -0.218. The van der Waals surface area contributed by atoms with Gasteiger partial charge < -0.3 is 19.7 Å². The lowest BCUT2D eigenvalue weighted by Crippen LogP contribution is -2.71. The molecule has 6 nitrogen and oxygen atoms in total. The summed E-state index contributed by atoms with van der Waals surface area (Å²) in [5.41, 5.74) is -1.60. The molecule has 102 valence electrons. The number of hydrogen-bond acceptors (Lipinski definition) is 6. The van der Waals surface area contributed by atoms with Gasteiger partial charge in [-0.05, 0) is 18.6 Å². The number of esters is 1. The average Bonchev–Trinajstić information content (AvgIpc) is 2.41. The molecule has 0 amide bonds. The second-order valence-electron chi connectivity index (χ2n) is 5.07. The Labute approximate surface area is 113 Å². The molecule has 1 saturated carbocycles. The van der Waals surface area contributed by atoms with Crippen molar-refractivity contribution in [1.82, 2.24) is 0 Å². The van der Waals surface area contributed by atoms with E-state index in [0.29, 0.717) is 6.42 Å². The Morgan fingerprint density at radius 2 is 2.05 bits per heavy atom. The summed E-state index contributed by atoms with van der Waals surface area (Å²) in [6.45, 7) is 0. The molecule has 1 aromatic rings. The first-order chi connectivity index (χ1) is 9.55. The fourth-order valence-corrected chi connectivity index (χ4v) is 3.10. The Balaban J connectivity index is 2.03. The van der Waals surface area contributed by atoms with Crippen LogP contribution in [0.4, 0.5) is 0 Å². The highest BCUT2D eigenvalue weighted by Crippen LogP contribution is 2.52. The van der Waals surface area contributed by atoms with E-state index in [-0.39, 0.29) is 34.8 Å². The number of Topliss-reactive ketones (excluding diaryl/α,β-unsaturated/α-hetero) is 1. The molecule has 2 heterocycles. The van der Waals surface area contributed by atoms with Crippen LogP contribution in [0.2, 0.25) is 0 Å². The van der Waals surface area contributed by atoms with Crippen molar-refractivity contribution in [3.05, 3.63) is 29.3 Å². The quantitative estimate of drug-likeness (QED) is 0.688. The highest BCUT2D eigenvalue weighted by Gasteiger charge is 2.69. The van der Waals surface area contributed by atoms with E-state index in [1.165, 1.54) is 18.2 Å². The Morgan fingerprint density at radius 3 is 2.80 bits per heavy atom. The van der Waals surface area contributed by atoms with E-state index in [0.717, 1.165) is 0 Å². The van der Waals surface area contributed by atoms with Gasteiger partial charge in [-0.1, -0.05) is 6.07 Å². The number of aliphatic hydroxyl groups is 1. The number of aliphatic hydroxyl groups excluding tert-OH is 1. The molecule has 0 bridgehead atoms. The molecule has 1 aromatic carbocycles. The van der Waals surface area contributed by atoms with Crippen LogP contribution in [0.1, 0.15) is 18.4 Å². The Morgan fingerprint density at radius 1 is 1.25 bits per heavy atom. The van der Waals surface area contributed by atoms with E-state index in [2.05, 4.69) is 0 Å². The van der Waals surface area contributed by atoms with Crippen LogP contribution in [0.3, 0.4) is 0 Å². The molecule has 2 atom stereocenters. The number of benzene rings is 1. The van der Waals surface area contributed by atoms with Crippen molar-refractivity contribution >= 4 is 17.5 Å². The monoisotopic (exact) mass is 274 g/mol. The Kier molecular flexibility index (Phi) is 1.89. The van der Waals surface area contributed by atoms with Crippen LogP contribution in [-0.4, -0.2) is 33.7 Å². The van der Waals surface area contributed by atoms with Gasteiger partial charge in [0.2, 0.25) is 0 Å². The number of rotatable bonds is 0. The number of fused-ring (bicyclic) bond motifs is 1. The number of ketones is 1. The molecule has 2 aliphatic heterocycles. The number of aromatic hydroxyl groups is 1. The minimum atomic E-state index is -1.54. The van der Waals surface area contributed by atoms with Crippen LogP contribution in [0.15, 0.2) is 23.8 Å². The minimum absolute atomic E-state index is 0.0434. The first-order valence-electron chi connectivity index (χ1n) is 6.25. The summed E-state index contributed by atoms with van der Waals surface area (Å²) < 4.78 is 10.7. The zero-order valence-corrected chi connectivity index (χ0v) is 10.3. The van der Waals surface area contributed by atoms with Crippen LogP contribution in [0.25, 0.3) is 5.76 Å². The zero-order chi connectivity index (χ0) is 14.1. The fourth-order valence-electron chi connectivity index (χ4n) is 3.10. The van der Waals surface area contributed by atoms with E-state index in [1.807, 2.05) is 0 Å². The molecule has 1 spiro atoms. The van der Waals surface area contributed by atoms with Crippen molar-refractivity contribution in [2.75, 3.05) is 0 Å². The number of carbonyl (C=O) groups is 2. The SMILES string of the molecule is O=C1CC[C@H]2OC(=O)[C@]23Oc2cccc(O)c2C(O)=C13. The van der Waals surface area contributed by atoms with Gasteiger partial charge in [0.05, 0.1) is 5.57 Å². The van der Waals surface area contributed by atoms with Crippen molar-refractivity contribution < 1.29 is 29.3 Å². The first-order valence-corrected chi connectivity index (χ1v) is 6.25. The highest BCUT2D eigenvalue weighted by atomic mass is 16.6. The maximum Gasteiger partial charge on any atom is 0.360 e. The third-order valence-corrected chi connectivity index (χ3v) is 4.04. The van der Waals surface area contributed by atoms with Gasteiger partial charge in [-0.2, -0.15) is 0 Å². The van der Waals surface area contributed by atoms with Gasteiger partial charge in [0, 0.05) is 6.42 Å². The highest BCUT2D eigenvalue weighted by molar-refractivity contribution is 6.14. The molecule has 0 unspecified atom stereocenters. The molecular weight excluding hydrogens is 264 g/mol. The number of carbonyl (C=O) groups excluding carboxylic acids is 2. The van der Waals surface area contributed by atoms with Crippen molar-refractivity contribution in [2.45, 2.75) is 24.5 Å². The molecule has 0 aromatic heterocycles. The van der Waals surface area contributed by atoms with Gasteiger partial charge in [0.25, 0.3) is 5.60 Å². The molecule has 6 heteroatoms. The maximum absolute atomic E-state index is 12.1. The number of hydrogen-bond donors (Lipinski definition) is 2. The van der Waals surface area contributed by atoms with Gasteiger partial charge in [-0.3, -0.25) is 4.79 Å². The smallest absolute Gasteiger partial charge is 0.360 e. The van der Waals surface area contributed by atoms with Gasteiger partial charge in [-0.15, -0.1) is 0 Å². The molecule has 4 rings (SSSR count). The minimum Gasteiger partial charge on any atom is -0.507 e. The third kappa shape index (κ3) is 1.06. The molecule has 3 aliphatic rings. The van der Waals surface area contributed by atoms with Gasteiger partial charge >= 0.3 is 5.97 Å². The topological polar surface area (TPSA) is 93.1 Å². The summed E-state index contributed by atoms with van der Waals surface area (Å²) in [7, 11) is 0. The predicted octanol–water partition coefficient (Wildman–Crippen LogP) is 1.08. The van der Waals surface area contributed by atoms with Gasteiger partial charge in [0.1, 0.15) is 22.8 Å². The van der Waals surface area contributed by atoms with E-state index in [4.69, 9.17) is 9.47 Å². The van der Waals surface area contributed by atoms with E-state index < -0.39 is 23.4 Å². The lowest BCUT2D eigenvalue weighted by Gasteiger charge is -2.51. The fraction of sp³-hybridized carbons (Fsp3) is 0.286. The molecule has 20 heavy (non-hydrogen) atoms. The van der Waals surface area contributed by atoms with Crippen LogP contribution < -0.4 is 4.74 Å². The Hall–Kier alpha value is -2.50. The van der Waals surface area contributed by atoms with Crippen molar-refractivity contribution in [1.29, 1.82) is 0 Å². The van der Waals surface area contributed by atoms with E-state index in [1.54, 1.807) is 0 Å². The van der Waals surface area contributed by atoms with Crippen molar-refractivity contribution in [3.8, 4) is 11.5 Å². The van der Waals surface area contributed by atoms with Crippen LogP contribution in [0.5, 0.6) is 11.5 Å². The Bertz CT molecular complexity index is 704. The van der Waals surface area contributed by atoms with Crippen molar-refractivity contribution in [2.24, 2.45) is 0 Å². The second-order valence-corrected chi connectivity index (χ2v) is 5.07. The molecule has 1 aliphatic carbocycles. The summed E-state index contributed by atoms with van der Waals surface area (Å²) in [6, 6.07) is 4.44. The predicted molar refractivity (Wildman–Crippen MR) is 65.1 cm³/mol. The summed E-state index contributed by atoms with van der Waals surface area (Å²) in [5, 5.41) is 20.2. The number of ether oxygens (including phenoxy) is 2. The summed E-state index contributed by atoms with van der Waals surface area (Å²) >= 11 is 0. The van der Waals surface area contributed by atoms with Crippen LogP contribution in [-0.2, 0) is 14.3 Å². The summed E-state index contributed by atoms with van der Waals surface area (Å²) in [6.07, 6.45) is -0.0266. The molecule has 2 N–H and O–H groups in total. The molecule has 0 radical (unpaired) electrons. The lowest BCUT2D eigenvalue weighted by atomic mass is 9.71. The van der Waals surface area contributed by atoms with Crippen LogP contribution in [0, 0.1) is 0 Å². The zero-order valence-electron chi connectivity index (χ0n) is 10.3. The number of phenolic OH excluding ortho intramolecular Hbond substituents is 1. The first kappa shape index (κ1) is 11.3. The standard InChI is InChI=1S/C14H10O6/c15-6-2-1-3-8-10(6)12(17)11-7(16)4-5-9-14(11,20-8)13(18)19-9/h1-3,9,15,17H,4-5H2/t9-,14+/m1/s1.